The highest BCUT2D eigenvalue weighted by Gasteiger charge is 2.12. The van der Waals surface area contributed by atoms with Gasteiger partial charge in [0.2, 0.25) is 0 Å². The maximum absolute atomic E-state index is 12.1. The first-order valence-corrected chi connectivity index (χ1v) is 8.52. The number of halogens is 3. The molecule has 0 aliphatic heterocycles. The summed E-state index contributed by atoms with van der Waals surface area (Å²) in [6.07, 6.45) is 0. The summed E-state index contributed by atoms with van der Waals surface area (Å²) >= 11 is 5.93. The highest BCUT2D eigenvalue weighted by molar-refractivity contribution is 6.30. The second kappa shape index (κ2) is 9.89. The smallest absolute Gasteiger partial charge is 0.387 e. The summed E-state index contributed by atoms with van der Waals surface area (Å²) in [7, 11) is 0. The average molecular weight is 414 g/mol. The summed E-state index contributed by atoms with van der Waals surface area (Å²) in [6.45, 7) is -0.218. The largest absolute Gasteiger partial charge is 0.481 e. The van der Waals surface area contributed by atoms with Crippen LogP contribution in [0.5, 0.6) is 11.5 Å². The SMILES string of the molecule is Cc1cc(Cl)cc(C)c1OCC(=O)OCC(=O)Nc1ccc(OC(F)F)cc1. The number of esters is 1. The van der Waals surface area contributed by atoms with Crippen molar-refractivity contribution in [2.45, 2.75) is 20.5 Å². The maximum atomic E-state index is 12.1. The monoisotopic (exact) mass is 413 g/mol. The normalized spacial score (nSPS) is 10.5. The number of benzene rings is 2. The van der Waals surface area contributed by atoms with Crippen molar-refractivity contribution in [3.8, 4) is 11.5 Å². The molecule has 2 rings (SSSR count). The fraction of sp³-hybridized carbons (Fsp3) is 0.263. The number of nitrogens with one attached hydrogen (secondary N) is 1. The van der Waals surface area contributed by atoms with Gasteiger partial charge in [-0.2, -0.15) is 8.78 Å². The summed E-state index contributed by atoms with van der Waals surface area (Å²) in [5, 5.41) is 3.03. The van der Waals surface area contributed by atoms with Crippen LogP contribution in [0.15, 0.2) is 36.4 Å². The van der Waals surface area contributed by atoms with Crippen LogP contribution in [0.4, 0.5) is 14.5 Å². The van der Waals surface area contributed by atoms with E-state index >= 15 is 0 Å². The lowest BCUT2D eigenvalue weighted by molar-refractivity contribution is -0.149. The molecule has 0 unspecified atom stereocenters. The molecule has 0 saturated heterocycles. The van der Waals surface area contributed by atoms with Crippen molar-refractivity contribution < 1.29 is 32.6 Å². The van der Waals surface area contributed by atoms with Crippen LogP contribution in [0.25, 0.3) is 0 Å². The quantitative estimate of drug-likeness (QED) is 0.659. The lowest BCUT2D eigenvalue weighted by atomic mass is 10.1. The topological polar surface area (TPSA) is 73.9 Å². The first kappa shape index (κ1) is 21.4. The first-order valence-electron chi connectivity index (χ1n) is 8.14. The van der Waals surface area contributed by atoms with E-state index in [-0.39, 0.29) is 12.4 Å². The van der Waals surface area contributed by atoms with E-state index in [4.69, 9.17) is 21.1 Å². The van der Waals surface area contributed by atoms with Crippen molar-refractivity contribution in [3.63, 3.8) is 0 Å². The van der Waals surface area contributed by atoms with E-state index in [2.05, 4.69) is 10.1 Å². The van der Waals surface area contributed by atoms with Gasteiger partial charge in [-0.1, -0.05) is 11.6 Å². The molecule has 9 heteroatoms. The van der Waals surface area contributed by atoms with Crippen molar-refractivity contribution in [2.24, 2.45) is 0 Å². The lowest BCUT2D eigenvalue weighted by Gasteiger charge is -2.12. The van der Waals surface area contributed by atoms with Crippen LogP contribution in [-0.2, 0) is 14.3 Å². The van der Waals surface area contributed by atoms with Crippen molar-refractivity contribution in [2.75, 3.05) is 18.5 Å². The molecule has 0 bridgehead atoms. The number of carbonyl (C=O) groups excluding carboxylic acids is 2. The Hall–Kier alpha value is -2.87. The number of amides is 1. The van der Waals surface area contributed by atoms with Crippen LogP contribution in [0.3, 0.4) is 0 Å². The van der Waals surface area contributed by atoms with Gasteiger partial charge in [-0.3, -0.25) is 4.79 Å². The fourth-order valence-electron chi connectivity index (χ4n) is 2.36. The summed E-state index contributed by atoms with van der Waals surface area (Å²) in [5.74, 6) is -0.819. The van der Waals surface area contributed by atoms with E-state index in [9.17, 15) is 18.4 Å². The minimum atomic E-state index is -2.93. The number of alkyl halides is 2. The highest BCUT2D eigenvalue weighted by atomic mass is 35.5. The van der Waals surface area contributed by atoms with Gasteiger partial charge in [-0.25, -0.2) is 4.79 Å². The van der Waals surface area contributed by atoms with Gasteiger partial charge < -0.3 is 19.5 Å². The maximum Gasteiger partial charge on any atom is 0.387 e. The number of anilines is 1. The van der Waals surface area contributed by atoms with Gasteiger partial charge in [0.25, 0.3) is 5.91 Å². The predicted molar refractivity (Wildman–Crippen MR) is 99.1 cm³/mol. The molecule has 0 spiro atoms. The highest BCUT2D eigenvalue weighted by Crippen LogP contribution is 2.27. The van der Waals surface area contributed by atoms with Gasteiger partial charge in [-0.05, 0) is 61.4 Å². The zero-order chi connectivity index (χ0) is 20.7. The van der Waals surface area contributed by atoms with E-state index in [1.54, 1.807) is 26.0 Å². The Labute approximate surface area is 165 Å². The van der Waals surface area contributed by atoms with Crippen molar-refractivity contribution in [1.29, 1.82) is 0 Å². The number of carbonyl (C=O) groups is 2. The molecule has 0 fully saturated rings. The van der Waals surface area contributed by atoms with Gasteiger partial charge in [0, 0.05) is 10.7 Å². The zero-order valence-electron chi connectivity index (χ0n) is 15.1. The molecule has 0 atom stereocenters. The molecular weight excluding hydrogens is 396 g/mol. The Kier molecular flexibility index (Phi) is 7.57. The molecule has 2 aromatic carbocycles. The molecule has 6 nitrogen and oxygen atoms in total. The predicted octanol–water partition coefficient (Wildman–Crippen LogP) is 4.12. The minimum Gasteiger partial charge on any atom is -0.481 e. The van der Waals surface area contributed by atoms with E-state index in [0.29, 0.717) is 16.5 Å². The number of aryl methyl sites for hydroxylation is 2. The third kappa shape index (κ3) is 6.70. The molecule has 0 aliphatic carbocycles. The Bertz CT molecular complexity index is 820. The first-order chi connectivity index (χ1) is 13.2. The van der Waals surface area contributed by atoms with Gasteiger partial charge in [0.1, 0.15) is 11.5 Å². The number of rotatable bonds is 8. The van der Waals surface area contributed by atoms with Crippen molar-refractivity contribution in [1.82, 2.24) is 0 Å². The number of hydrogen-bond donors (Lipinski definition) is 1. The molecule has 0 heterocycles. The minimum absolute atomic E-state index is 0.0376. The molecule has 0 radical (unpaired) electrons. The Morgan fingerprint density at radius 2 is 1.68 bits per heavy atom. The Balaban J connectivity index is 1.77. The lowest BCUT2D eigenvalue weighted by Crippen LogP contribution is -2.23. The van der Waals surface area contributed by atoms with Crippen LogP contribution in [0.2, 0.25) is 5.02 Å². The second-order valence-electron chi connectivity index (χ2n) is 5.77. The molecule has 1 N–H and O–H groups in total. The molecule has 0 aliphatic rings. The van der Waals surface area contributed by atoms with Gasteiger partial charge in [0.05, 0.1) is 0 Å². The molecule has 1 amide bonds. The molecule has 28 heavy (non-hydrogen) atoms. The van der Waals surface area contributed by atoms with Crippen molar-refractivity contribution in [3.05, 3.63) is 52.5 Å². The third-order valence-corrected chi connectivity index (χ3v) is 3.71. The molecule has 150 valence electrons. The summed E-state index contributed by atoms with van der Waals surface area (Å²) in [5.41, 5.74) is 1.89. The van der Waals surface area contributed by atoms with Crippen LogP contribution in [0.1, 0.15) is 11.1 Å². The van der Waals surface area contributed by atoms with E-state index in [1.165, 1.54) is 24.3 Å². The van der Waals surface area contributed by atoms with Gasteiger partial charge in [0.15, 0.2) is 13.2 Å². The average Bonchev–Trinajstić information content (AvgIpc) is 2.60. The molecule has 0 aromatic heterocycles. The standard InChI is InChI=1S/C19H18ClF2NO5/c1-11-7-13(20)8-12(2)18(11)27-10-17(25)26-9-16(24)23-14-3-5-15(6-4-14)28-19(21)22/h3-8,19H,9-10H2,1-2H3,(H,23,24). The number of hydrogen-bond acceptors (Lipinski definition) is 5. The van der Waals surface area contributed by atoms with E-state index < -0.39 is 25.1 Å². The Morgan fingerprint density at radius 1 is 1.07 bits per heavy atom. The molecule has 2 aromatic rings. The zero-order valence-corrected chi connectivity index (χ0v) is 15.9. The van der Waals surface area contributed by atoms with Crippen molar-refractivity contribution >= 4 is 29.2 Å². The van der Waals surface area contributed by atoms with E-state index in [0.717, 1.165) is 11.1 Å². The second-order valence-corrected chi connectivity index (χ2v) is 6.21. The van der Waals surface area contributed by atoms with Crippen LogP contribution in [0, 0.1) is 13.8 Å². The summed E-state index contributed by atoms with van der Waals surface area (Å²) in [4.78, 5) is 23.6. The number of ether oxygens (including phenoxy) is 3. The molecule has 0 saturated carbocycles. The van der Waals surface area contributed by atoms with E-state index in [1.807, 2.05) is 0 Å². The van der Waals surface area contributed by atoms with Crippen LogP contribution >= 0.6 is 11.6 Å². The van der Waals surface area contributed by atoms with Gasteiger partial charge >= 0.3 is 12.6 Å². The third-order valence-electron chi connectivity index (χ3n) is 3.49. The van der Waals surface area contributed by atoms with Crippen LogP contribution < -0.4 is 14.8 Å². The summed E-state index contributed by atoms with van der Waals surface area (Å²) in [6, 6.07) is 8.73. The van der Waals surface area contributed by atoms with Gasteiger partial charge in [-0.15, -0.1) is 0 Å². The summed E-state index contributed by atoms with van der Waals surface area (Å²) < 4.78 is 38.7. The Morgan fingerprint density at radius 3 is 2.25 bits per heavy atom. The molecular formula is C19H18ClF2NO5. The fourth-order valence-corrected chi connectivity index (χ4v) is 2.69. The van der Waals surface area contributed by atoms with Crippen LogP contribution in [-0.4, -0.2) is 31.7 Å².